The van der Waals surface area contributed by atoms with Gasteiger partial charge in [-0.1, -0.05) is 17.0 Å². The number of aromatic nitrogens is 3. The van der Waals surface area contributed by atoms with Crippen LogP contribution in [0.2, 0.25) is 0 Å². The number of aliphatic hydroxyl groups is 1. The van der Waals surface area contributed by atoms with Crippen molar-refractivity contribution in [3.8, 4) is 23.3 Å². The van der Waals surface area contributed by atoms with Gasteiger partial charge in [-0.2, -0.15) is 5.10 Å². The van der Waals surface area contributed by atoms with Crippen LogP contribution in [0.3, 0.4) is 0 Å². The van der Waals surface area contributed by atoms with Gasteiger partial charge in [0.05, 0.1) is 11.3 Å². The molecule has 33 heavy (non-hydrogen) atoms. The highest BCUT2D eigenvalue weighted by atomic mass is 19.1. The van der Waals surface area contributed by atoms with Crippen LogP contribution in [0, 0.1) is 18.8 Å². The molecular formula is C22H20FN5O5. The summed E-state index contributed by atoms with van der Waals surface area (Å²) in [6, 6.07) is 6.29. The van der Waals surface area contributed by atoms with E-state index in [0.29, 0.717) is 11.3 Å². The van der Waals surface area contributed by atoms with E-state index in [0.717, 1.165) is 4.68 Å². The maximum Gasteiger partial charge on any atom is 0.270 e. The van der Waals surface area contributed by atoms with E-state index >= 15 is 4.39 Å². The van der Waals surface area contributed by atoms with Crippen LogP contribution in [-0.2, 0) is 5.60 Å². The highest BCUT2D eigenvalue weighted by Gasteiger charge is 2.35. The van der Waals surface area contributed by atoms with E-state index < -0.39 is 30.2 Å². The topological polar surface area (TPSA) is 146 Å². The van der Waals surface area contributed by atoms with Crippen LogP contribution in [0.5, 0.6) is 5.75 Å². The van der Waals surface area contributed by atoms with Crippen LogP contribution < -0.4 is 15.8 Å². The van der Waals surface area contributed by atoms with Crippen LogP contribution in [0.1, 0.15) is 56.7 Å². The summed E-state index contributed by atoms with van der Waals surface area (Å²) in [5.74, 6) is 4.68. The number of nitrogens with one attached hydrogen (secondary N) is 1. The average Bonchev–Trinajstić information content (AvgIpc) is 3.37. The maximum absolute atomic E-state index is 15.0. The predicted octanol–water partition coefficient (Wildman–Crippen LogP) is 1.29. The Morgan fingerprint density at radius 2 is 2.15 bits per heavy atom. The fourth-order valence-corrected chi connectivity index (χ4v) is 3.40. The minimum Gasteiger partial charge on any atom is -0.488 e. The highest BCUT2D eigenvalue weighted by molar-refractivity contribution is 6.06. The van der Waals surface area contributed by atoms with Crippen molar-refractivity contribution >= 4 is 11.8 Å². The Morgan fingerprint density at radius 3 is 2.79 bits per heavy atom. The summed E-state index contributed by atoms with van der Waals surface area (Å²) in [6.07, 6.45) is -1.75. The third kappa shape index (κ3) is 3.92. The van der Waals surface area contributed by atoms with Crippen molar-refractivity contribution < 1.29 is 28.3 Å². The number of fused-ring (bicyclic) bond motifs is 3. The van der Waals surface area contributed by atoms with Gasteiger partial charge >= 0.3 is 0 Å². The van der Waals surface area contributed by atoms with Gasteiger partial charge in [0.1, 0.15) is 29.5 Å². The first kappa shape index (κ1) is 22.0. The first-order valence-electron chi connectivity index (χ1n) is 9.87. The minimum atomic E-state index is -1.75. The minimum absolute atomic E-state index is 0.155. The van der Waals surface area contributed by atoms with Gasteiger partial charge in [-0.25, -0.2) is 9.07 Å². The zero-order valence-corrected chi connectivity index (χ0v) is 18.0. The van der Waals surface area contributed by atoms with Gasteiger partial charge < -0.3 is 25.4 Å². The van der Waals surface area contributed by atoms with Crippen molar-refractivity contribution in [1.29, 1.82) is 0 Å². The van der Waals surface area contributed by atoms with Crippen molar-refractivity contribution in [3.05, 3.63) is 58.2 Å². The lowest BCUT2D eigenvalue weighted by molar-refractivity contribution is 0.0938. The SMILES string of the molecule is CNC(=O)c1c(C(N)=O)nn2c1C(F)COc1ccc(C#CC(C)(O)c3cc(C)on3)cc1-2. The fourth-order valence-electron chi connectivity index (χ4n) is 3.40. The number of primary amides is 1. The number of ether oxygens (including phenoxy) is 1. The number of rotatable bonds is 3. The molecule has 0 spiro atoms. The van der Waals surface area contributed by atoms with Gasteiger partial charge in [-0.15, -0.1) is 0 Å². The molecule has 2 unspecified atom stereocenters. The summed E-state index contributed by atoms with van der Waals surface area (Å²) >= 11 is 0. The maximum atomic E-state index is 15.0. The van der Waals surface area contributed by atoms with Crippen molar-refractivity contribution in [3.63, 3.8) is 0 Å². The lowest BCUT2D eigenvalue weighted by Gasteiger charge is -2.12. The largest absolute Gasteiger partial charge is 0.488 e. The van der Waals surface area contributed by atoms with Crippen molar-refractivity contribution in [2.45, 2.75) is 25.6 Å². The molecule has 170 valence electrons. The van der Waals surface area contributed by atoms with Crippen molar-refractivity contribution in [2.24, 2.45) is 5.73 Å². The van der Waals surface area contributed by atoms with E-state index in [4.69, 9.17) is 15.0 Å². The number of carbonyl (C=O) groups is 2. The fraction of sp³-hybridized carbons (Fsp3) is 0.273. The number of hydrogen-bond acceptors (Lipinski definition) is 7. The molecule has 4 rings (SSSR count). The van der Waals surface area contributed by atoms with E-state index in [-0.39, 0.29) is 34.1 Å². The number of nitrogens with zero attached hydrogens (tertiary/aromatic N) is 3. The standard InChI is InChI=1S/C22H20FN5O5/c1-11-8-16(27-33-11)22(2,31)7-6-12-4-5-15-14(9-12)28-19(13(23)10-32-15)17(21(30)25-3)18(26-28)20(24)29/h4-5,8-9,13,31H,10H2,1-3H3,(H2,24,29)(H,25,30). The molecule has 3 heterocycles. The number of alkyl halides is 1. The van der Waals surface area contributed by atoms with E-state index in [2.05, 4.69) is 27.4 Å². The highest BCUT2D eigenvalue weighted by Crippen LogP contribution is 2.35. The van der Waals surface area contributed by atoms with Gasteiger partial charge in [0, 0.05) is 18.7 Å². The molecule has 2 atom stereocenters. The van der Waals surface area contributed by atoms with Gasteiger partial charge in [0.15, 0.2) is 17.5 Å². The van der Waals surface area contributed by atoms with E-state index in [1.807, 2.05) is 0 Å². The molecule has 3 aromatic rings. The molecule has 0 radical (unpaired) electrons. The number of benzene rings is 1. The normalized spacial score (nSPS) is 16.2. The Bertz CT molecular complexity index is 1330. The Hall–Kier alpha value is -4.17. The molecule has 10 nitrogen and oxygen atoms in total. The molecule has 0 fully saturated rings. The molecule has 4 N–H and O–H groups in total. The number of aryl methyl sites for hydroxylation is 1. The molecule has 0 saturated carbocycles. The molecule has 0 saturated heterocycles. The zero-order chi connectivity index (χ0) is 23.9. The summed E-state index contributed by atoms with van der Waals surface area (Å²) in [5, 5.41) is 20.9. The van der Waals surface area contributed by atoms with Crippen molar-refractivity contribution in [1.82, 2.24) is 20.3 Å². The van der Waals surface area contributed by atoms with Gasteiger partial charge in [0.2, 0.25) is 0 Å². The van der Waals surface area contributed by atoms with Gasteiger partial charge in [-0.3, -0.25) is 9.59 Å². The number of hydrogen-bond donors (Lipinski definition) is 3. The first-order chi connectivity index (χ1) is 15.6. The third-order valence-corrected chi connectivity index (χ3v) is 5.05. The summed E-state index contributed by atoms with van der Waals surface area (Å²) < 4.78 is 26.7. The molecule has 1 aromatic carbocycles. The van der Waals surface area contributed by atoms with Gasteiger partial charge in [0.25, 0.3) is 11.8 Å². The van der Waals surface area contributed by atoms with Crippen LogP contribution in [0.15, 0.2) is 28.8 Å². The predicted molar refractivity (Wildman–Crippen MR) is 113 cm³/mol. The Morgan fingerprint density at radius 1 is 1.39 bits per heavy atom. The Labute approximate surface area is 187 Å². The number of halogens is 1. The van der Waals surface area contributed by atoms with E-state index in [1.54, 1.807) is 31.2 Å². The molecule has 1 aliphatic heterocycles. The summed E-state index contributed by atoms with van der Waals surface area (Å²) in [4.78, 5) is 24.3. The third-order valence-electron chi connectivity index (χ3n) is 5.05. The number of amides is 2. The molecule has 1 aliphatic rings. The molecule has 0 aliphatic carbocycles. The second-order valence-electron chi connectivity index (χ2n) is 7.57. The first-order valence-corrected chi connectivity index (χ1v) is 9.87. The number of carbonyl (C=O) groups excluding carboxylic acids is 2. The molecular weight excluding hydrogens is 433 g/mol. The molecule has 2 amide bonds. The average molecular weight is 453 g/mol. The summed E-state index contributed by atoms with van der Waals surface area (Å²) in [5.41, 5.74) is 3.97. The summed E-state index contributed by atoms with van der Waals surface area (Å²) in [6.45, 7) is 2.77. The monoisotopic (exact) mass is 453 g/mol. The molecule has 11 heteroatoms. The van der Waals surface area contributed by atoms with Crippen LogP contribution >= 0.6 is 0 Å². The van der Waals surface area contributed by atoms with E-state index in [1.165, 1.54) is 14.0 Å². The Balaban J connectivity index is 1.84. The smallest absolute Gasteiger partial charge is 0.270 e. The van der Waals surface area contributed by atoms with Crippen LogP contribution in [0.4, 0.5) is 4.39 Å². The second kappa shape index (κ2) is 8.07. The van der Waals surface area contributed by atoms with Crippen LogP contribution in [-0.4, -0.2) is 45.5 Å². The number of nitrogens with two attached hydrogens (primary N) is 1. The second-order valence-corrected chi connectivity index (χ2v) is 7.57. The quantitative estimate of drug-likeness (QED) is 0.507. The Kier molecular flexibility index (Phi) is 5.39. The lowest BCUT2D eigenvalue weighted by atomic mass is 10.0. The van der Waals surface area contributed by atoms with E-state index in [9.17, 15) is 14.7 Å². The van der Waals surface area contributed by atoms with Crippen molar-refractivity contribution in [2.75, 3.05) is 13.7 Å². The summed E-state index contributed by atoms with van der Waals surface area (Å²) in [7, 11) is 1.35. The zero-order valence-electron chi connectivity index (χ0n) is 18.0. The van der Waals surface area contributed by atoms with Gasteiger partial charge in [-0.05, 0) is 32.0 Å². The molecule has 2 aromatic heterocycles. The van der Waals surface area contributed by atoms with Crippen LogP contribution in [0.25, 0.3) is 5.69 Å². The lowest BCUT2D eigenvalue weighted by Crippen LogP contribution is -2.24. The molecule has 0 bridgehead atoms.